The van der Waals surface area contributed by atoms with Crippen molar-refractivity contribution >= 4 is 21.8 Å². The van der Waals surface area contributed by atoms with Crippen LogP contribution in [0.1, 0.15) is 36.0 Å². The van der Waals surface area contributed by atoms with Crippen LogP contribution in [0.2, 0.25) is 0 Å². The summed E-state index contributed by atoms with van der Waals surface area (Å²) in [6, 6.07) is 7.50. The molecule has 0 aromatic heterocycles. The van der Waals surface area contributed by atoms with Crippen molar-refractivity contribution < 1.29 is 9.53 Å². The van der Waals surface area contributed by atoms with E-state index < -0.39 is 0 Å². The Balaban J connectivity index is 1.68. The molecule has 1 amide bonds. The first kappa shape index (κ1) is 14.5. The number of benzene rings is 1. The third-order valence-electron chi connectivity index (χ3n) is 3.53. The van der Waals surface area contributed by atoms with Crippen molar-refractivity contribution in [3.05, 3.63) is 34.3 Å². The second-order valence-electron chi connectivity index (χ2n) is 4.93. The van der Waals surface area contributed by atoms with Crippen molar-refractivity contribution in [3.63, 3.8) is 0 Å². The summed E-state index contributed by atoms with van der Waals surface area (Å²) < 4.78 is 6.18. The molecule has 0 spiro atoms. The standard InChI is InChI=1S/C15H20BrNO2/c16-14-6-2-1-5-13(14)15(18)17-9-3-4-12-7-10-19-11-8-12/h1-2,5-6,12H,3-4,7-11H2,(H,17,18). The lowest BCUT2D eigenvalue weighted by molar-refractivity contribution is 0.0631. The van der Waals surface area contributed by atoms with Crippen LogP contribution in [-0.2, 0) is 4.74 Å². The molecule has 2 rings (SSSR count). The van der Waals surface area contributed by atoms with E-state index in [0.29, 0.717) is 5.56 Å². The molecule has 104 valence electrons. The van der Waals surface area contributed by atoms with Gasteiger partial charge in [-0.15, -0.1) is 0 Å². The predicted molar refractivity (Wildman–Crippen MR) is 79.3 cm³/mol. The molecule has 0 unspecified atom stereocenters. The first-order chi connectivity index (χ1) is 9.27. The Labute approximate surface area is 122 Å². The second kappa shape index (κ2) is 7.65. The van der Waals surface area contributed by atoms with Gasteiger partial charge in [-0.25, -0.2) is 0 Å². The van der Waals surface area contributed by atoms with Crippen molar-refractivity contribution in [3.8, 4) is 0 Å². The number of hydrogen-bond donors (Lipinski definition) is 1. The van der Waals surface area contributed by atoms with Crippen molar-refractivity contribution in [1.82, 2.24) is 5.32 Å². The molecule has 19 heavy (non-hydrogen) atoms. The molecule has 0 aliphatic carbocycles. The zero-order chi connectivity index (χ0) is 13.5. The van der Waals surface area contributed by atoms with Gasteiger partial charge < -0.3 is 10.1 Å². The van der Waals surface area contributed by atoms with Crippen LogP contribution in [0.5, 0.6) is 0 Å². The Morgan fingerprint density at radius 3 is 2.79 bits per heavy atom. The zero-order valence-corrected chi connectivity index (χ0v) is 12.6. The highest BCUT2D eigenvalue weighted by molar-refractivity contribution is 9.10. The van der Waals surface area contributed by atoms with Gasteiger partial charge in [0.1, 0.15) is 0 Å². The minimum absolute atomic E-state index is 0.000507. The average molecular weight is 326 g/mol. The number of carbonyl (C=O) groups excluding carboxylic acids is 1. The van der Waals surface area contributed by atoms with Crippen LogP contribution < -0.4 is 5.32 Å². The van der Waals surface area contributed by atoms with Gasteiger partial charge in [0, 0.05) is 24.2 Å². The number of amides is 1. The lowest BCUT2D eigenvalue weighted by atomic mass is 9.95. The van der Waals surface area contributed by atoms with E-state index in [1.165, 1.54) is 6.42 Å². The van der Waals surface area contributed by atoms with Gasteiger partial charge in [0.05, 0.1) is 5.56 Å². The average Bonchev–Trinajstić information content (AvgIpc) is 2.45. The van der Waals surface area contributed by atoms with E-state index in [9.17, 15) is 4.79 Å². The fraction of sp³-hybridized carbons (Fsp3) is 0.533. The van der Waals surface area contributed by atoms with Gasteiger partial charge >= 0.3 is 0 Å². The van der Waals surface area contributed by atoms with Crippen LogP contribution in [0.3, 0.4) is 0 Å². The van der Waals surface area contributed by atoms with Gasteiger partial charge in [-0.05, 0) is 59.7 Å². The van der Waals surface area contributed by atoms with Crippen LogP contribution in [0.4, 0.5) is 0 Å². The predicted octanol–water partition coefficient (Wildman–Crippen LogP) is 3.39. The molecular formula is C15H20BrNO2. The largest absolute Gasteiger partial charge is 0.381 e. The van der Waals surface area contributed by atoms with Gasteiger partial charge in [0.25, 0.3) is 5.91 Å². The molecule has 1 heterocycles. The quantitative estimate of drug-likeness (QED) is 0.843. The van der Waals surface area contributed by atoms with E-state index in [4.69, 9.17) is 4.74 Å². The third-order valence-corrected chi connectivity index (χ3v) is 4.23. The van der Waals surface area contributed by atoms with Gasteiger partial charge in [-0.3, -0.25) is 4.79 Å². The van der Waals surface area contributed by atoms with Gasteiger partial charge in [0.15, 0.2) is 0 Å². The van der Waals surface area contributed by atoms with Crippen LogP contribution in [0.25, 0.3) is 0 Å². The molecule has 0 atom stereocenters. The number of hydrogen-bond acceptors (Lipinski definition) is 2. The Hall–Kier alpha value is -0.870. The van der Waals surface area contributed by atoms with Crippen molar-refractivity contribution in [1.29, 1.82) is 0 Å². The van der Waals surface area contributed by atoms with Crippen LogP contribution in [-0.4, -0.2) is 25.7 Å². The third kappa shape index (κ3) is 4.62. The zero-order valence-electron chi connectivity index (χ0n) is 11.0. The Morgan fingerprint density at radius 2 is 2.05 bits per heavy atom. The summed E-state index contributed by atoms with van der Waals surface area (Å²) in [5.74, 6) is 0.772. The van der Waals surface area contributed by atoms with Crippen molar-refractivity contribution in [2.24, 2.45) is 5.92 Å². The van der Waals surface area contributed by atoms with Crippen LogP contribution in [0.15, 0.2) is 28.7 Å². The molecule has 1 fully saturated rings. The molecule has 0 saturated carbocycles. The fourth-order valence-corrected chi connectivity index (χ4v) is 2.83. The minimum atomic E-state index is -0.000507. The molecule has 1 aliphatic rings. The lowest BCUT2D eigenvalue weighted by Crippen LogP contribution is -2.25. The highest BCUT2D eigenvalue weighted by Gasteiger charge is 2.13. The highest BCUT2D eigenvalue weighted by atomic mass is 79.9. The molecule has 4 heteroatoms. The first-order valence-corrected chi connectivity index (χ1v) is 7.67. The molecule has 3 nitrogen and oxygen atoms in total. The Kier molecular flexibility index (Phi) is 5.86. The lowest BCUT2D eigenvalue weighted by Gasteiger charge is -2.21. The fourth-order valence-electron chi connectivity index (χ4n) is 2.37. The number of nitrogens with one attached hydrogen (secondary N) is 1. The number of halogens is 1. The maximum absolute atomic E-state index is 12.0. The summed E-state index contributed by atoms with van der Waals surface area (Å²) in [6.45, 7) is 2.54. The molecule has 1 aromatic carbocycles. The summed E-state index contributed by atoms with van der Waals surface area (Å²) >= 11 is 3.39. The molecule has 0 bridgehead atoms. The molecule has 1 N–H and O–H groups in total. The maximum atomic E-state index is 12.0. The van der Waals surface area contributed by atoms with Crippen molar-refractivity contribution in [2.75, 3.05) is 19.8 Å². The van der Waals surface area contributed by atoms with Gasteiger partial charge in [0.2, 0.25) is 0 Å². The normalized spacial score (nSPS) is 16.3. The van der Waals surface area contributed by atoms with Gasteiger partial charge in [-0.2, -0.15) is 0 Å². The highest BCUT2D eigenvalue weighted by Crippen LogP contribution is 2.19. The van der Waals surface area contributed by atoms with Crippen molar-refractivity contribution in [2.45, 2.75) is 25.7 Å². The number of ether oxygens (including phenoxy) is 1. The topological polar surface area (TPSA) is 38.3 Å². The Bertz CT molecular complexity index is 416. The first-order valence-electron chi connectivity index (χ1n) is 6.88. The minimum Gasteiger partial charge on any atom is -0.381 e. The van der Waals surface area contributed by atoms with Crippen LogP contribution >= 0.6 is 15.9 Å². The second-order valence-corrected chi connectivity index (χ2v) is 5.79. The van der Waals surface area contributed by atoms with E-state index >= 15 is 0 Å². The molecule has 0 radical (unpaired) electrons. The number of carbonyl (C=O) groups is 1. The molecule has 1 aromatic rings. The summed E-state index contributed by atoms with van der Waals surface area (Å²) in [6.07, 6.45) is 4.55. The summed E-state index contributed by atoms with van der Waals surface area (Å²) in [5.41, 5.74) is 0.702. The maximum Gasteiger partial charge on any atom is 0.252 e. The molecule has 1 saturated heterocycles. The van der Waals surface area contributed by atoms with Gasteiger partial charge in [-0.1, -0.05) is 12.1 Å². The van der Waals surface area contributed by atoms with E-state index in [-0.39, 0.29) is 5.91 Å². The van der Waals surface area contributed by atoms with E-state index in [2.05, 4.69) is 21.2 Å². The number of rotatable bonds is 5. The van der Waals surface area contributed by atoms with Crippen LogP contribution in [0, 0.1) is 5.92 Å². The summed E-state index contributed by atoms with van der Waals surface area (Å²) in [5, 5.41) is 2.98. The summed E-state index contributed by atoms with van der Waals surface area (Å²) in [4.78, 5) is 12.0. The molecular weight excluding hydrogens is 306 g/mol. The summed E-state index contributed by atoms with van der Waals surface area (Å²) in [7, 11) is 0. The molecule has 1 aliphatic heterocycles. The monoisotopic (exact) mass is 325 g/mol. The van der Waals surface area contributed by atoms with E-state index in [1.807, 2.05) is 24.3 Å². The Morgan fingerprint density at radius 1 is 1.32 bits per heavy atom. The smallest absolute Gasteiger partial charge is 0.252 e. The SMILES string of the molecule is O=C(NCCCC1CCOCC1)c1ccccc1Br. The van der Waals surface area contributed by atoms with E-state index in [1.54, 1.807) is 0 Å². The van der Waals surface area contributed by atoms with E-state index in [0.717, 1.165) is 49.4 Å².